The highest BCUT2D eigenvalue weighted by Gasteiger charge is 2.38. The van der Waals surface area contributed by atoms with Crippen molar-refractivity contribution in [2.24, 2.45) is 35.5 Å². The Kier molecular flexibility index (Phi) is 4.61. The minimum atomic E-state index is -0.0404. The van der Waals surface area contributed by atoms with E-state index in [1.165, 1.54) is 0 Å². The van der Waals surface area contributed by atoms with Gasteiger partial charge < -0.3 is 0 Å². The van der Waals surface area contributed by atoms with Crippen LogP contribution in [0.1, 0.15) is 38.5 Å². The molecule has 0 aliphatic heterocycles. The second kappa shape index (κ2) is 6.41. The molecule has 20 heavy (non-hydrogen) atoms. The molecule has 2 fully saturated rings. The van der Waals surface area contributed by atoms with Crippen molar-refractivity contribution in [1.82, 2.24) is 0 Å². The van der Waals surface area contributed by atoms with Gasteiger partial charge in [0.25, 0.3) is 0 Å². The zero-order chi connectivity index (χ0) is 14.5. The van der Waals surface area contributed by atoms with Crippen molar-refractivity contribution >= 4 is 0 Å². The molecule has 0 aromatic carbocycles. The first-order chi connectivity index (χ1) is 9.69. The molecule has 4 heteroatoms. The van der Waals surface area contributed by atoms with E-state index < -0.39 is 0 Å². The summed E-state index contributed by atoms with van der Waals surface area (Å²) in [6.07, 6.45) is 4.68. The van der Waals surface area contributed by atoms with Gasteiger partial charge in [0.1, 0.15) is 0 Å². The molecule has 4 atom stereocenters. The lowest BCUT2D eigenvalue weighted by molar-refractivity contribution is 0.128. The van der Waals surface area contributed by atoms with Gasteiger partial charge in [-0.1, -0.05) is 0 Å². The van der Waals surface area contributed by atoms with Crippen molar-refractivity contribution < 1.29 is 0 Å². The summed E-state index contributed by atoms with van der Waals surface area (Å²) in [4.78, 5) is 0. The van der Waals surface area contributed by atoms with Gasteiger partial charge in [-0.25, -0.2) is 0 Å². The first-order valence-electron chi connectivity index (χ1n) is 7.28. The molecule has 0 aromatic rings. The van der Waals surface area contributed by atoms with Crippen molar-refractivity contribution in [2.75, 3.05) is 0 Å². The second-order valence-corrected chi connectivity index (χ2v) is 6.24. The monoisotopic (exact) mass is 266 g/mol. The quantitative estimate of drug-likeness (QED) is 0.728. The van der Waals surface area contributed by atoms with Gasteiger partial charge in [-0.05, 0) is 50.4 Å². The summed E-state index contributed by atoms with van der Waals surface area (Å²) < 4.78 is 0. The highest BCUT2D eigenvalue weighted by molar-refractivity contribution is 5.03. The van der Waals surface area contributed by atoms with Crippen molar-refractivity contribution in [3.8, 4) is 24.3 Å². The molecular formula is C16H18N4. The van der Waals surface area contributed by atoms with Crippen LogP contribution in [0.4, 0.5) is 0 Å². The summed E-state index contributed by atoms with van der Waals surface area (Å²) in [6, 6.07) is 9.23. The molecule has 2 rings (SSSR count). The van der Waals surface area contributed by atoms with E-state index >= 15 is 0 Å². The molecule has 0 saturated heterocycles. The maximum absolute atomic E-state index is 9.15. The van der Waals surface area contributed by atoms with E-state index in [-0.39, 0.29) is 23.7 Å². The van der Waals surface area contributed by atoms with Crippen molar-refractivity contribution in [1.29, 1.82) is 21.0 Å². The third-order valence-corrected chi connectivity index (χ3v) is 4.88. The summed E-state index contributed by atoms with van der Waals surface area (Å²) in [5.74, 6) is 0.487. The molecule has 2 saturated carbocycles. The molecule has 4 nitrogen and oxygen atoms in total. The Bertz CT molecular complexity index is 421. The smallest absolute Gasteiger partial charge is 0.0656 e. The lowest BCUT2D eigenvalue weighted by Gasteiger charge is -2.38. The predicted molar refractivity (Wildman–Crippen MR) is 71.1 cm³/mol. The van der Waals surface area contributed by atoms with Gasteiger partial charge in [-0.2, -0.15) is 21.0 Å². The molecule has 0 radical (unpaired) electrons. The van der Waals surface area contributed by atoms with Gasteiger partial charge in [-0.3, -0.25) is 0 Å². The van der Waals surface area contributed by atoms with Gasteiger partial charge in [-0.15, -0.1) is 0 Å². The third-order valence-electron chi connectivity index (χ3n) is 4.88. The summed E-state index contributed by atoms with van der Waals surface area (Å²) in [5.41, 5.74) is 0. The standard InChI is InChI=1S/C16H18N4/c17-7-11-1-12(8-18)4-15(3-11)16-5-13(9-19)2-14(6-16)10-20/h11-16H,1-6H2. The first kappa shape index (κ1) is 14.4. The van der Waals surface area contributed by atoms with Gasteiger partial charge >= 0.3 is 0 Å². The summed E-state index contributed by atoms with van der Waals surface area (Å²) in [5, 5.41) is 36.6. The Labute approximate surface area is 120 Å². The molecule has 4 unspecified atom stereocenters. The highest BCUT2D eigenvalue weighted by Crippen LogP contribution is 2.44. The van der Waals surface area contributed by atoms with E-state index in [1.54, 1.807) is 0 Å². The van der Waals surface area contributed by atoms with Crippen LogP contribution in [0.15, 0.2) is 0 Å². The van der Waals surface area contributed by atoms with Crippen LogP contribution < -0.4 is 0 Å². The minimum Gasteiger partial charge on any atom is -0.198 e. The normalized spacial score (nSPS) is 40.6. The number of rotatable bonds is 1. The van der Waals surface area contributed by atoms with Crippen molar-refractivity contribution in [2.45, 2.75) is 38.5 Å². The van der Waals surface area contributed by atoms with Crippen LogP contribution in [-0.2, 0) is 0 Å². The van der Waals surface area contributed by atoms with E-state index in [0.29, 0.717) is 24.7 Å². The van der Waals surface area contributed by atoms with Crippen LogP contribution in [0.2, 0.25) is 0 Å². The Hall–Kier alpha value is -2.04. The molecule has 0 spiro atoms. The Morgan fingerprint density at radius 2 is 0.700 bits per heavy atom. The predicted octanol–water partition coefficient (Wildman–Crippen LogP) is 3.15. The lowest BCUT2D eigenvalue weighted by Crippen LogP contribution is -2.32. The first-order valence-corrected chi connectivity index (χ1v) is 7.28. The molecule has 102 valence electrons. The molecule has 0 bridgehead atoms. The molecule has 2 aliphatic rings. The highest BCUT2D eigenvalue weighted by atomic mass is 14.4. The fraction of sp³-hybridized carbons (Fsp3) is 0.750. The topological polar surface area (TPSA) is 95.2 Å². The van der Waals surface area contributed by atoms with Gasteiger partial charge in [0.05, 0.1) is 24.3 Å². The fourth-order valence-electron chi connectivity index (χ4n) is 3.92. The minimum absolute atomic E-state index is 0.0404. The SMILES string of the molecule is N#CC1CC(C#N)CC(C2CC(C#N)CC(C#N)C2)C1. The van der Waals surface area contributed by atoms with E-state index in [9.17, 15) is 0 Å². The number of hydrogen-bond donors (Lipinski definition) is 0. The van der Waals surface area contributed by atoms with Crippen molar-refractivity contribution in [3.63, 3.8) is 0 Å². The average molecular weight is 266 g/mol. The zero-order valence-electron chi connectivity index (χ0n) is 11.5. The van der Waals surface area contributed by atoms with Gasteiger partial charge in [0, 0.05) is 23.7 Å². The van der Waals surface area contributed by atoms with E-state index in [0.717, 1.165) is 25.7 Å². The van der Waals surface area contributed by atoms with E-state index in [2.05, 4.69) is 24.3 Å². The number of nitrogens with zero attached hydrogens (tertiary/aromatic N) is 4. The molecule has 0 heterocycles. The van der Waals surface area contributed by atoms with Gasteiger partial charge in [0.15, 0.2) is 0 Å². The Morgan fingerprint density at radius 1 is 0.450 bits per heavy atom. The molecule has 2 aliphatic carbocycles. The Balaban J connectivity index is 2.09. The molecule has 0 aromatic heterocycles. The van der Waals surface area contributed by atoms with E-state index in [4.69, 9.17) is 21.0 Å². The number of nitriles is 4. The average Bonchev–Trinajstić information content (AvgIpc) is 2.53. The maximum Gasteiger partial charge on any atom is 0.0656 e. The lowest BCUT2D eigenvalue weighted by atomic mass is 9.64. The zero-order valence-corrected chi connectivity index (χ0v) is 11.5. The van der Waals surface area contributed by atoms with Crippen molar-refractivity contribution in [3.05, 3.63) is 0 Å². The van der Waals surface area contributed by atoms with Gasteiger partial charge in [0.2, 0.25) is 0 Å². The largest absolute Gasteiger partial charge is 0.198 e. The van der Waals surface area contributed by atoms with Crippen LogP contribution in [0, 0.1) is 80.8 Å². The third kappa shape index (κ3) is 3.10. The summed E-state index contributed by atoms with van der Waals surface area (Å²) >= 11 is 0. The fourth-order valence-corrected chi connectivity index (χ4v) is 3.92. The van der Waals surface area contributed by atoms with Crippen LogP contribution in [-0.4, -0.2) is 0 Å². The van der Waals surface area contributed by atoms with Crippen LogP contribution >= 0.6 is 0 Å². The molecule has 0 amide bonds. The van der Waals surface area contributed by atoms with Crippen LogP contribution in [0.25, 0.3) is 0 Å². The van der Waals surface area contributed by atoms with E-state index in [1.807, 2.05) is 0 Å². The molecule has 0 N–H and O–H groups in total. The summed E-state index contributed by atoms with van der Waals surface area (Å²) in [7, 11) is 0. The van der Waals surface area contributed by atoms with Crippen LogP contribution in [0.5, 0.6) is 0 Å². The second-order valence-electron chi connectivity index (χ2n) is 6.24. The Morgan fingerprint density at radius 3 is 0.900 bits per heavy atom. The molecular weight excluding hydrogens is 248 g/mol. The van der Waals surface area contributed by atoms with Crippen LogP contribution in [0.3, 0.4) is 0 Å². The number of hydrogen-bond acceptors (Lipinski definition) is 4. The maximum atomic E-state index is 9.15. The summed E-state index contributed by atoms with van der Waals surface area (Å²) in [6.45, 7) is 0.